The van der Waals surface area contributed by atoms with Crippen LogP contribution in [0.25, 0.3) is 0 Å². The Bertz CT molecular complexity index is 468. The van der Waals surface area contributed by atoms with E-state index in [0.29, 0.717) is 5.92 Å². The normalized spacial score (nSPS) is 24.1. The van der Waals surface area contributed by atoms with Crippen LogP contribution in [-0.2, 0) is 11.2 Å². The fraction of sp³-hybridized carbons (Fsp3) is 0.562. The van der Waals surface area contributed by atoms with E-state index in [1.54, 1.807) is 0 Å². The molecule has 3 rings (SSSR count). The summed E-state index contributed by atoms with van der Waals surface area (Å²) in [7, 11) is 0. The summed E-state index contributed by atoms with van der Waals surface area (Å²) in [4.78, 5) is 14.5. The zero-order chi connectivity index (χ0) is 14.1. The van der Waals surface area contributed by atoms with Crippen LogP contribution in [0.2, 0.25) is 0 Å². The van der Waals surface area contributed by atoms with E-state index >= 15 is 0 Å². The summed E-state index contributed by atoms with van der Waals surface area (Å²) in [5, 5.41) is 12.9. The van der Waals surface area contributed by atoms with Crippen LogP contribution in [0.5, 0.6) is 0 Å². The molecule has 0 aromatic heterocycles. The van der Waals surface area contributed by atoms with Gasteiger partial charge in [-0.15, -0.1) is 0 Å². The molecule has 4 heteroatoms. The van der Waals surface area contributed by atoms with Crippen molar-refractivity contribution < 1.29 is 9.90 Å². The lowest BCUT2D eigenvalue weighted by Crippen LogP contribution is -2.47. The second-order valence-electron chi connectivity index (χ2n) is 5.96. The van der Waals surface area contributed by atoms with Crippen molar-refractivity contribution >= 4 is 11.6 Å². The maximum Gasteiger partial charge on any atom is 0.245 e. The number of piperidine rings is 1. The number of nitrogens with one attached hydrogen (secondary N) is 1. The van der Waals surface area contributed by atoms with E-state index in [1.807, 2.05) is 30.0 Å². The fourth-order valence-electron chi connectivity index (χ4n) is 3.27. The molecule has 1 saturated heterocycles. The highest BCUT2D eigenvalue weighted by molar-refractivity contribution is 5.87. The monoisotopic (exact) mass is 274 g/mol. The molecule has 0 saturated carbocycles. The van der Waals surface area contributed by atoms with E-state index in [0.717, 1.165) is 38.0 Å². The van der Waals surface area contributed by atoms with E-state index in [1.165, 1.54) is 5.56 Å². The molecule has 2 heterocycles. The van der Waals surface area contributed by atoms with Crippen LogP contribution >= 0.6 is 0 Å². The van der Waals surface area contributed by atoms with Gasteiger partial charge in [0.15, 0.2) is 0 Å². The van der Waals surface area contributed by atoms with E-state index in [4.69, 9.17) is 0 Å². The van der Waals surface area contributed by atoms with Crippen molar-refractivity contribution in [1.82, 2.24) is 4.90 Å². The fourth-order valence-corrected chi connectivity index (χ4v) is 3.27. The molecule has 2 unspecified atom stereocenters. The number of rotatable bonds is 2. The molecule has 4 nitrogen and oxygen atoms in total. The Labute approximate surface area is 119 Å². The lowest BCUT2D eigenvalue weighted by Gasteiger charge is -2.34. The number of fused-ring (bicyclic) bond motifs is 1. The largest absolute Gasteiger partial charge is 0.393 e. The molecule has 0 radical (unpaired) electrons. The Morgan fingerprint density at radius 1 is 1.35 bits per heavy atom. The minimum Gasteiger partial charge on any atom is -0.393 e. The van der Waals surface area contributed by atoms with Crippen LogP contribution in [-0.4, -0.2) is 41.1 Å². The molecule has 20 heavy (non-hydrogen) atoms. The quantitative estimate of drug-likeness (QED) is 0.862. The predicted octanol–water partition coefficient (Wildman–Crippen LogP) is 1.64. The van der Waals surface area contributed by atoms with Gasteiger partial charge < -0.3 is 15.3 Å². The van der Waals surface area contributed by atoms with Crippen molar-refractivity contribution in [3.8, 4) is 0 Å². The molecule has 1 aromatic carbocycles. The Morgan fingerprint density at radius 2 is 2.05 bits per heavy atom. The van der Waals surface area contributed by atoms with Gasteiger partial charge in [-0.05, 0) is 37.3 Å². The zero-order valence-electron chi connectivity index (χ0n) is 11.9. The molecule has 1 aromatic rings. The van der Waals surface area contributed by atoms with E-state index in [-0.39, 0.29) is 18.1 Å². The molecule has 1 amide bonds. The van der Waals surface area contributed by atoms with Crippen LogP contribution < -0.4 is 5.32 Å². The summed E-state index contributed by atoms with van der Waals surface area (Å²) in [6.45, 7) is 3.38. The maximum atomic E-state index is 12.5. The Morgan fingerprint density at radius 3 is 2.70 bits per heavy atom. The third kappa shape index (κ3) is 2.52. The van der Waals surface area contributed by atoms with Gasteiger partial charge in [0.05, 0.1) is 6.10 Å². The molecular formula is C16H22N2O2. The summed E-state index contributed by atoms with van der Waals surface area (Å²) in [6.07, 6.45) is 2.33. The molecule has 2 atom stereocenters. The van der Waals surface area contributed by atoms with E-state index < -0.39 is 0 Å². The van der Waals surface area contributed by atoms with Crippen molar-refractivity contribution in [1.29, 1.82) is 0 Å². The topological polar surface area (TPSA) is 52.6 Å². The highest BCUT2D eigenvalue weighted by Gasteiger charge is 2.32. The molecule has 108 valence electrons. The Kier molecular flexibility index (Phi) is 3.66. The third-order valence-electron chi connectivity index (χ3n) is 4.60. The first-order valence-electron chi connectivity index (χ1n) is 7.46. The first-order valence-corrected chi connectivity index (χ1v) is 7.46. The van der Waals surface area contributed by atoms with Crippen LogP contribution in [0.1, 0.15) is 25.3 Å². The standard InChI is InChI=1S/C16H22N2O2/c1-11(19)12-6-8-18(9-7-12)16(20)15-10-13-4-2-3-5-14(13)17-15/h2-5,11-12,15,17,19H,6-10H2,1H3. The molecule has 0 aliphatic carbocycles. The number of amides is 1. The van der Waals surface area contributed by atoms with Gasteiger partial charge in [-0.1, -0.05) is 18.2 Å². The van der Waals surface area contributed by atoms with Crippen molar-refractivity contribution in [3.05, 3.63) is 29.8 Å². The number of hydrogen-bond donors (Lipinski definition) is 2. The number of nitrogens with zero attached hydrogens (tertiary/aromatic N) is 1. The Balaban J connectivity index is 1.59. The average Bonchev–Trinajstić information content (AvgIpc) is 2.90. The van der Waals surface area contributed by atoms with Crippen LogP contribution in [0.4, 0.5) is 5.69 Å². The second-order valence-corrected chi connectivity index (χ2v) is 5.96. The van der Waals surface area contributed by atoms with Gasteiger partial charge in [0, 0.05) is 25.2 Å². The smallest absolute Gasteiger partial charge is 0.245 e. The molecule has 0 spiro atoms. The second kappa shape index (κ2) is 5.44. The van der Waals surface area contributed by atoms with Crippen LogP contribution in [0.3, 0.4) is 0 Å². The van der Waals surface area contributed by atoms with Crippen molar-refractivity contribution in [2.45, 2.75) is 38.3 Å². The molecule has 1 fully saturated rings. The van der Waals surface area contributed by atoms with Gasteiger partial charge in [-0.3, -0.25) is 4.79 Å². The number of carbonyl (C=O) groups excluding carboxylic acids is 1. The first-order chi connectivity index (χ1) is 9.65. The molecule has 0 bridgehead atoms. The number of aliphatic hydroxyl groups excluding tert-OH is 1. The minimum atomic E-state index is -0.263. The number of para-hydroxylation sites is 1. The third-order valence-corrected chi connectivity index (χ3v) is 4.60. The van der Waals surface area contributed by atoms with Crippen LogP contribution in [0.15, 0.2) is 24.3 Å². The van der Waals surface area contributed by atoms with Gasteiger partial charge in [-0.2, -0.15) is 0 Å². The number of aliphatic hydroxyl groups is 1. The number of hydrogen-bond acceptors (Lipinski definition) is 3. The number of benzene rings is 1. The lowest BCUT2D eigenvalue weighted by molar-refractivity contribution is -0.133. The highest BCUT2D eigenvalue weighted by atomic mass is 16.3. The molecule has 2 aliphatic heterocycles. The summed E-state index contributed by atoms with van der Waals surface area (Å²) >= 11 is 0. The van der Waals surface area contributed by atoms with Gasteiger partial charge in [0.2, 0.25) is 5.91 Å². The van der Waals surface area contributed by atoms with E-state index in [2.05, 4.69) is 11.4 Å². The van der Waals surface area contributed by atoms with Gasteiger partial charge in [0.25, 0.3) is 0 Å². The van der Waals surface area contributed by atoms with Gasteiger partial charge in [-0.25, -0.2) is 0 Å². The molecular weight excluding hydrogens is 252 g/mol. The predicted molar refractivity (Wildman–Crippen MR) is 78.5 cm³/mol. The van der Waals surface area contributed by atoms with Gasteiger partial charge in [0.1, 0.15) is 6.04 Å². The summed E-state index contributed by atoms with van der Waals surface area (Å²) in [5.41, 5.74) is 2.31. The van der Waals surface area contributed by atoms with Crippen molar-refractivity contribution in [2.24, 2.45) is 5.92 Å². The minimum absolute atomic E-state index is 0.115. The molecule has 2 aliphatic rings. The average molecular weight is 274 g/mol. The SMILES string of the molecule is CC(O)C1CCN(C(=O)C2Cc3ccccc3N2)CC1. The lowest BCUT2D eigenvalue weighted by atomic mass is 9.92. The van der Waals surface area contributed by atoms with Crippen LogP contribution in [0, 0.1) is 5.92 Å². The van der Waals surface area contributed by atoms with Gasteiger partial charge >= 0.3 is 0 Å². The van der Waals surface area contributed by atoms with Crippen molar-refractivity contribution in [3.63, 3.8) is 0 Å². The highest BCUT2D eigenvalue weighted by Crippen LogP contribution is 2.27. The summed E-state index contributed by atoms with van der Waals surface area (Å²) in [6, 6.07) is 8.00. The summed E-state index contributed by atoms with van der Waals surface area (Å²) < 4.78 is 0. The van der Waals surface area contributed by atoms with Crippen molar-refractivity contribution in [2.75, 3.05) is 18.4 Å². The number of likely N-dealkylation sites (tertiary alicyclic amines) is 1. The molecule has 2 N–H and O–H groups in total. The maximum absolute atomic E-state index is 12.5. The Hall–Kier alpha value is -1.55. The number of anilines is 1. The zero-order valence-corrected chi connectivity index (χ0v) is 11.9. The summed E-state index contributed by atoms with van der Waals surface area (Å²) in [5.74, 6) is 0.540. The first kappa shape index (κ1) is 13.4. The van der Waals surface area contributed by atoms with E-state index in [9.17, 15) is 9.90 Å². The number of carbonyl (C=O) groups is 1.